The molecule has 1 N–H and O–H groups in total. The van der Waals surface area contributed by atoms with Crippen molar-refractivity contribution >= 4 is 0 Å². The third kappa shape index (κ3) is 3.80. The molecule has 0 radical (unpaired) electrons. The van der Waals surface area contributed by atoms with Gasteiger partial charge in [-0.05, 0) is 17.9 Å². The van der Waals surface area contributed by atoms with E-state index in [1.54, 1.807) is 7.11 Å². The Balaban J connectivity index is 2.86. The Morgan fingerprint density at radius 3 is 2.28 bits per heavy atom. The summed E-state index contributed by atoms with van der Waals surface area (Å²) < 4.78 is 5.22. The molecule has 0 fully saturated rings. The van der Waals surface area contributed by atoms with Crippen LogP contribution in [0.3, 0.4) is 0 Å². The normalized spacial score (nSPS) is 15.1. The van der Waals surface area contributed by atoms with Crippen LogP contribution < -0.4 is 0 Å². The number of hydrogen-bond acceptors (Lipinski definition) is 3. The Morgan fingerprint density at radius 2 is 1.83 bits per heavy atom. The summed E-state index contributed by atoms with van der Waals surface area (Å²) in [5.74, 6) is 0.340. The van der Waals surface area contributed by atoms with Crippen molar-refractivity contribution < 1.29 is 9.94 Å². The lowest BCUT2D eigenvalue weighted by atomic mass is 9.99. The number of methoxy groups -OCH3 is 1. The van der Waals surface area contributed by atoms with Gasteiger partial charge in [-0.25, -0.2) is 0 Å². The average molecular weight is 251 g/mol. The first-order chi connectivity index (χ1) is 8.61. The lowest BCUT2D eigenvalue weighted by Gasteiger charge is -2.34. The van der Waals surface area contributed by atoms with Gasteiger partial charge in [0.25, 0.3) is 0 Å². The second-order valence-electron chi connectivity index (χ2n) is 4.98. The first kappa shape index (κ1) is 15.2. The van der Waals surface area contributed by atoms with Gasteiger partial charge >= 0.3 is 0 Å². The van der Waals surface area contributed by atoms with Crippen LogP contribution in [0.25, 0.3) is 0 Å². The topological polar surface area (TPSA) is 32.7 Å². The fourth-order valence-corrected chi connectivity index (χ4v) is 2.23. The van der Waals surface area contributed by atoms with Gasteiger partial charge in [-0.2, -0.15) is 5.06 Å². The lowest BCUT2D eigenvalue weighted by molar-refractivity contribution is -0.184. The van der Waals surface area contributed by atoms with Crippen LogP contribution in [0.1, 0.15) is 38.8 Å². The van der Waals surface area contributed by atoms with E-state index in [9.17, 15) is 5.21 Å². The maximum atomic E-state index is 10.5. The number of hydrogen-bond donors (Lipinski definition) is 1. The summed E-state index contributed by atoms with van der Waals surface area (Å²) in [4.78, 5) is 0. The number of benzene rings is 1. The van der Waals surface area contributed by atoms with E-state index in [1.165, 1.54) is 5.06 Å². The van der Waals surface area contributed by atoms with E-state index in [0.717, 1.165) is 12.0 Å². The second-order valence-corrected chi connectivity index (χ2v) is 4.98. The van der Waals surface area contributed by atoms with Gasteiger partial charge in [0.1, 0.15) is 0 Å². The monoisotopic (exact) mass is 251 g/mol. The number of nitrogens with zero attached hydrogens (tertiary/aromatic N) is 1. The predicted octanol–water partition coefficient (Wildman–Crippen LogP) is 3.50. The van der Waals surface area contributed by atoms with Gasteiger partial charge in [0.05, 0.1) is 18.7 Å². The highest BCUT2D eigenvalue weighted by Gasteiger charge is 2.27. The summed E-state index contributed by atoms with van der Waals surface area (Å²) in [7, 11) is 1.67. The van der Waals surface area contributed by atoms with Crippen molar-refractivity contribution in [2.45, 2.75) is 39.3 Å². The van der Waals surface area contributed by atoms with Crippen LogP contribution in [-0.2, 0) is 4.74 Å². The smallest absolute Gasteiger partial charge is 0.0644 e. The quantitative estimate of drug-likeness (QED) is 0.753. The van der Waals surface area contributed by atoms with Crippen LogP contribution in [0.15, 0.2) is 30.3 Å². The SMILES string of the molecule is CC[C@H](c1ccccc1)N(O)[C@H](COC)C(C)C. The van der Waals surface area contributed by atoms with Crippen molar-refractivity contribution in [2.75, 3.05) is 13.7 Å². The molecule has 18 heavy (non-hydrogen) atoms. The van der Waals surface area contributed by atoms with Crippen molar-refractivity contribution in [1.82, 2.24) is 5.06 Å². The Kier molecular flexibility index (Phi) is 6.33. The summed E-state index contributed by atoms with van der Waals surface area (Å²) in [6.45, 7) is 6.83. The van der Waals surface area contributed by atoms with Crippen LogP contribution >= 0.6 is 0 Å². The van der Waals surface area contributed by atoms with Crippen molar-refractivity contribution in [1.29, 1.82) is 0 Å². The maximum Gasteiger partial charge on any atom is 0.0644 e. The molecule has 0 saturated carbocycles. The molecule has 1 aromatic rings. The van der Waals surface area contributed by atoms with Gasteiger partial charge in [-0.1, -0.05) is 51.1 Å². The maximum absolute atomic E-state index is 10.5. The van der Waals surface area contributed by atoms with Crippen LogP contribution in [0.5, 0.6) is 0 Å². The largest absolute Gasteiger partial charge is 0.383 e. The van der Waals surface area contributed by atoms with Gasteiger partial charge in [0.2, 0.25) is 0 Å². The molecule has 102 valence electrons. The molecule has 0 aliphatic carbocycles. The Labute approximate surface area is 110 Å². The van der Waals surface area contributed by atoms with E-state index in [1.807, 2.05) is 18.2 Å². The van der Waals surface area contributed by atoms with E-state index in [2.05, 4.69) is 32.9 Å². The van der Waals surface area contributed by atoms with E-state index < -0.39 is 0 Å². The summed E-state index contributed by atoms with van der Waals surface area (Å²) in [5.41, 5.74) is 1.14. The minimum absolute atomic E-state index is 0.0140. The standard InChI is InChI=1S/C15H25NO2/c1-5-14(13-9-7-6-8-10-13)16(17)15(11-18-4)12(2)3/h6-10,12,14-15,17H,5,11H2,1-4H3/t14-,15-/m1/s1. The Morgan fingerprint density at radius 1 is 1.22 bits per heavy atom. The van der Waals surface area contributed by atoms with Crippen LogP contribution in [0.4, 0.5) is 0 Å². The molecular formula is C15H25NO2. The van der Waals surface area contributed by atoms with Crippen LogP contribution in [0, 0.1) is 5.92 Å². The zero-order valence-electron chi connectivity index (χ0n) is 11.8. The number of rotatable bonds is 7. The van der Waals surface area contributed by atoms with Crippen LogP contribution in [0.2, 0.25) is 0 Å². The Bertz CT molecular complexity index is 327. The fraction of sp³-hybridized carbons (Fsp3) is 0.600. The van der Waals surface area contributed by atoms with Crippen molar-refractivity contribution in [3.8, 4) is 0 Å². The average Bonchev–Trinajstić information content (AvgIpc) is 2.37. The Hall–Kier alpha value is -0.900. The van der Waals surface area contributed by atoms with Crippen molar-refractivity contribution in [3.05, 3.63) is 35.9 Å². The van der Waals surface area contributed by atoms with E-state index >= 15 is 0 Å². The molecule has 0 amide bonds. The molecule has 2 atom stereocenters. The van der Waals surface area contributed by atoms with E-state index in [-0.39, 0.29) is 12.1 Å². The molecule has 0 aliphatic heterocycles. The number of ether oxygens (including phenoxy) is 1. The van der Waals surface area contributed by atoms with E-state index in [0.29, 0.717) is 12.5 Å². The minimum atomic E-state index is 0.0140. The van der Waals surface area contributed by atoms with Gasteiger partial charge in [0.15, 0.2) is 0 Å². The van der Waals surface area contributed by atoms with Crippen molar-refractivity contribution in [2.24, 2.45) is 5.92 Å². The second kappa shape index (κ2) is 7.52. The molecule has 0 spiro atoms. The molecular weight excluding hydrogens is 226 g/mol. The number of hydroxylamine groups is 2. The molecule has 0 saturated heterocycles. The first-order valence-corrected chi connectivity index (χ1v) is 6.62. The molecule has 0 aromatic heterocycles. The lowest BCUT2D eigenvalue weighted by Crippen LogP contribution is -2.42. The highest BCUT2D eigenvalue weighted by atomic mass is 16.5. The summed E-state index contributed by atoms with van der Waals surface area (Å²) >= 11 is 0. The fourth-order valence-electron chi connectivity index (χ4n) is 2.23. The van der Waals surface area contributed by atoms with Crippen LogP contribution in [-0.4, -0.2) is 30.0 Å². The highest BCUT2D eigenvalue weighted by Crippen LogP contribution is 2.26. The predicted molar refractivity (Wildman–Crippen MR) is 73.6 cm³/mol. The van der Waals surface area contributed by atoms with Gasteiger partial charge in [-0.15, -0.1) is 0 Å². The van der Waals surface area contributed by atoms with E-state index in [4.69, 9.17) is 4.74 Å². The molecule has 0 heterocycles. The summed E-state index contributed by atoms with van der Waals surface area (Å²) in [6.07, 6.45) is 0.868. The summed E-state index contributed by atoms with van der Waals surface area (Å²) in [6, 6.07) is 10.2. The third-order valence-corrected chi connectivity index (χ3v) is 3.34. The molecule has 1 aromatic carbocycles. The van der Waals surface area contributed by atoms with Gasteiger partial charge < -0.3 is 9.94 Å². The summed E-state index contributed by atoms with van der Waals surface area (Å²) in [5, 5.41) is 11.9. The highest BCUT2D eigenvalue weighted by molar-refractivity contribution is 5.18. The zero-order chi connectivity index (χ0) is 13.5. The van der Waals surface area contributed by atoms with Crippen molar-refractivity contribution in [3.63, 3.8) is 0 Å². The third-order valence-electron chi connectivity index (χ3n) is 3.34. The molecule has 0 aliphatic rings. The molecule has 1 rings (SSSR count). The first-order valence-electron chi connectivity index (χ1n) is 6.62. The molecule has 0 bridgehead atoms. The minimum Gasteiger partial charge on any atom is -0.383 e. The zero-order valence-corrected chi connectivity index (χ0v) is 11.8. The molecule has 0 unspecified atom stereocenters. The van der Waals surface area contributed by atoms with Gasteiger partial charge in [0, 0.05) is 7.11 Å². The molecule has 3 nitrogen and oxygen atoms in total. The molecule has 3 heteroatoms. The van der Waals surface area contributed by atoms with Gasteiger partial charge in [-0.3, -0.25) is 0 Å².